The van der Waals surface area contributed by atoms with Crippen molar-refractivity contribution in [2.24, 2.45) is 0 Å². The molecule has 0 saturated heterocycles. The quantitative estimate of drug-likeness (QED) is 0.268. The van der Waals surface area contributed by atoms with Crippen molar-refractivity contribution in [2.45, 2.75) is 39.3 Å². The highest BCUT2D eigenvalue weighted by atomic mass is 79.9. The number of aryl methyl sites for hydroxylation is 2. The van der Waals surface area contributed by atoms with Crippen molar-refractivity contribution in [3.05, 3.63) is 75.3 Å². The van der Waals surface area contributed by atoms with E-state index in [0.29, 0.717) is 32.5 Å². The van der Waals surface area contributed by atoms with E-state index in [0.717, 1.165) is 21.2 Å². The average molecular weight is 499 g/mol. The summed E-state index contributed by atoms with van der Waals surface area (Å²) in [5, 5.41) is 0. The number of carbonyl (C=O) groups excluding carboxylic acids is 1. The van der Waals surface area contributed by atoms with Crippen LogP contribution in [0.4, 0.5) is 13.2 Å². The van der Waals surface area contributed by atoms with Crippen LogP contribution in [0.25, 0.3) is 5.57 Å². The number of benzene rings is 2. The van der Waals surface area contributed by atoms with Gasteiger partial charge in [-0.2, -0.15) is 13.2 Å². The highest BCUT2D eigenvalue weighted by molar-refractivity contribution is 9.11. The van der Waals surface area contributed by atoms with Crippen LogP contribution in [0.3, 0.4) is 0 Å². The van der Waals surface area contributed by atoms with Crippen molar-refractivity contribution in [1.29, 1.82) is 0 Å². The van der Waals surface area contributed by atoms with Crippen LogP contribution in [0.2, 0.25) is 0 Å². The number of hydrogen-bond donors (Lipinski definition) is 0. The molecule has 0 aliphatic carbocycles. The Morgan fingerprint density at radius 2 is 1.32 bits per heavy atom. The van der Waals surface area contributed by atoms with Crippen LogP contribution in [-0.4, -0.2) is 32.0 Å². The van der Waals surface area contributed by atoms with Crippen molar-refractivity contribution >= 4 is 27.5 Å². The third-order valence-electron chi connectivity index (χ3n) is 4.57. The molecule has 0 fully saturated rings. The molecule has 2 rings (SSSR count). The maximum atomic E-state index is 12.0. The Hall–Kier alpha value is -2.12. The normalized spacial score (nSPS) is 11.3. The van der Waals surface area contributed by atoms with E-state index in [2.05, 4.69) is 69.2 Å². The maximum Gasteiger partial charge on any atom is 0.490 e. The Bertz CT molecular complexity index is 825. The van der Waals surface area contributed by atoms with Gasteiger partial charge in [-0.3, -0.25) is 0 Å². The zero-order valence-corrected chi connectivity index (χ0v) is 19.2. The topological polar surface area (TPSA) is 35.5 Å². The molecule has 0 aliphatic heterocycles. The Balaban J connectivity index is 1.88. The Morgan fingerprint density at radius 1 is 0.839 bits per heavy atom. The molecule has 31 heavy (non-hydrogen) atoms. The number of alkyl halides is 3. The molecule has 168 valence electrons. The molecule has 0 aliphatic rings. The van der Waals surface area contributed by atoms with Gasteiger partial charge in [0, 0.05) is 17.5 Å². The summed E-state index contributed by atoms with van der Waals surface area (Å²) in [4.78, 5) is 10.6. The zero-order valence-electron chi connectivity index (χ0n) is 17.6. The van der Waals surface area contributed by atoms with Crippen molar-refractivity contribution in [2.75, 3.05) is 19.8 Å². The lowest BCUT2D eigenvalue weighted by Crippen LogP contribution is -2.25. The first-order chi connectivity index (χ1) is 14.7. The van der Waals surface area contributed by atoms with Gasteiger partial charge in [-0.1, -0.05) is 75.6 Å². The van der Waals surface area contributed by atoms with Crippen LogP contribution in [-0.2, 0) is 14.3 Å². The molecule has 0 unspecified atom stereocenters. The maximum absolute atomic E-state index is 12.0. The number of carbonyl (C=O) groups is 1. The minimum atomic E-state index is -4.94. The van der Waals surface area contributed by atoms with E-state index in [1.54, 1.807) is 0 Å². The van der Waals surface area contributed by atoms with Crippen LogP contribution < -0.4 is 0 Å². The number of ether oxygens (including phenoxy) is 2. The molecule has 0 atom stereocenters. The third kappa shape index (κ3) is 8.50. The van der Waals surface area contributed by atoms with E-state index in [4.69, 9.17) is 4.74 Å². The van der Waals surface area contributed by atoms with E-state index in [9.17, 15) is 18.0 Å². The second-order valence-corrected chi connectivity index (χ2v) is 8.17. The molecule has 3 nitrogen and oxygen atoms in total. The predicted molar refractivity (Wildman–Crippen MR) is 119 cm³/mol. The summed E-state index contributed by atoms with van der Waals surface area (Å²) < 4.78 is 46.9. The van der Waals surface area contributed by atoms with E-state index in [1.807, 2.05) is 13.8 Å². The third-order valence-corrected chi connectivity index (χ3v) is 5.36. The SMILES string of the molecule is Cc1ccc(C(=C(Br)CCOCCCCOC(=O)C(F)(F)F)c2ccc(C)cc2)cc1. The number of unbranched alkanes of at least 4 members (excludes halogenated alkanes) is 1. The molecule has 0 heterocycles. The van der Waals surface area contributed by atoms with Gasteiger partial charge in [0.1, 0.15) is 0 Å². The summed E-state index contributed by atoms with van der Waals surface area (Å²) in [6, 6.07) is 16.7. The van der Waals surface area contributed by atoms with Gasteiger partial charge in [0.25, 0.3) is 0 Å². The first-order valence-electron chi connectivity index (χ1n) is 10.0. The van der Waals surface area contributed by atoms with E-state index in [1.165, 1.54) is 11.1 Å². The largest absolute Gasteiger partial charge is 0.490 e. The molecule has 0 radical (unpaired) electrons. The Labute approximate surface area is 189 Å². The summed E-state index contributed by atoms with van der Waals surface area (Å²) in [5.41, 5.74) is 5.68. The van der Waals surface area contributed by atoms with Gasteiger partial charge >= 0.3 is 12.1 Å². The standard InChI is InChI=1S/C24H26BrF3O3/c1-17-5-9-19(10-6-17)22(20-11-7-18(2)8-12-20)21(25)13-16-30-14-3-4-15-31-23(29)24(26,27)28/h5-12H,3-4,13-16H2,1-2H3. The van der Waals surface area contributed by atoms with Crippen LogP contribution in [0.5, 0.6) is 0 Å². The summed E-state index contributed by atoms with van der Waals surface area (Å²) in [7, 11) is 0. The van der Waals surface area contributed by atoms with Gasteiger partial charge in [0.05, 0.1) is 13.2 Å². The van der Waals surface area contributed by atoms with Crippen molar-refractivity contribution < 1.29 is 27.4 Å². The molecule has 0 N–H and O–H groups in total. The summed E-state index contributed by atoms with van der Waals surface area (Å²) in [6.07, 6.45) is -3.46. The first kappa shape index (κ1) is 25.1. The summed E-state index contributed by atoms with van der Waals surface area (Å²) in [5.74, 6) is -2.15. The Morgan fingerprint density at radius 3 is 1.81 bits per heavy atom. The molecule has 0 amide bonds. The van der Waals surface area contributed by atoms with Gasteiger partial charge in [0.2, 0.25) is 0 Å². The number of halogens is 4. The van der Waals surface area contributed by atoms with Crippen LogP contribution in [0.1, 0.15) is 41.5 Å². The molecule has 2 aromatic rings. The van der Waals surface area contributed by atoms with E-state index in [-0.39, 0.29) is 6.61 Å². The molecular weight excluding hydrogens is 473 g/mol. The number of rotatable bonds is 10. The Kier molecular flexibility index (Phi) is 9.78. The molecule has 0 saturated carbocycles. The van der Waals surface area contributed by atoms with Gasteiger partial charge in [-0.15, -0.1) is 0 Å². The zero-order chi connectivity index (χ0) is 22.9. The second kappa shape index (κ2) is 12.1. The molecule has 0 spiro atoms. The number of esters is 1. The van der Waals surface area contributed by atoms with Gasteiger partial charge < -0.3 is 9.47 Å². The summed E-state index contributed by atoms with van der Waals surface area (Å²) in [6.45, 7) is 4.67. The minimum Gasteiger partial charge on any atom is -0.459 e. The smallest absolute Gasteiger partial charge is 0.459 e. The average Bonchev–Trinajstić information content (AvgIpc) is 2.72. The molecular formula is C24H26BrF3O3. The van der Waals surface area contributed by atoms with Gasteiger partial charge in [-0.05, 0) is 43.4 Å². The monoisotopic (exact) mass is 498 g/mol. The fourth-order valence-corrected chi connectivity index (χ4v) is 3.48. The highest BCUT2D eigenvalue weighted by Gasteiger charge is 2.40. The molecule has 0 bridgehead atoms. The summed E-state index contributed by atoms with van der Waals surface area (Å²) >= 11 is 3.72. The van der Waals surface area contributed by atoms with Crippen molar-refractivity contribution in [3.8, 4) is 0 Å². The lowest BCUT2D eigenvalue weighted by atomic mass is 9.95. The lowest BCUT2D eigenvalue weighted by molar-refractivity contribution is -0.199. The van der Waals surface area contributed by atoms with Crippen molar-refractivity contribution in [1.82, 2.24) is 0 Å². The fourth-order valence-electron chi connectivity index (χ4n) is 2.86. The van der Waals surface area contributed by atoms with Crippen LogP contribution >= 0.6 is 15.9 Å². The van der Waals surface area contributed by atoms with Gasteiger partial charge in [-0.25, -0.2) is 4.79 Å². The van der Waals surface area contributed by atoms with Crippen LogP contribution in [0, 0.1) is 13.8 Å². The van der Waals surface area contributed by atoms with Gasteiger partial charge in [0.15, 0.2) is 0 Å². The molecule has 2 aromatic carbocycles. The number of hydrogen-bond acceptors (Lipinski definition) is 3. The van der Waals surface area contributed by atoms with Crippen LogP contribution in [0.15, 0.2) is 53.0 Å². The highest BCUT2D eigenvalue weighted by Crippen LogP contribution is 2.32. The molecule has 7 heteroatoms. The van der Waals surface area contributed by atoms with E-state index < -0.39 is 12.1 Å². The predicted octanol–water partition coefficient (Wildman–Crippen LogP) is 6.75. The minimum absolute atomic E-state index is 0.268. The first-order valence-corrected chi connectivity index (χ1v) is 10.8. The molecule has 0 aromatic heterocycles. The lowest BCUT2D eigenvalue weighted by Gasteiger charge is -2.14. The van der Waals surface area contributed by atoms with Crippen molar-refractivity contribution in [3.63, 3.8) is 0 Å². The fraction of sp³-hybridized carbons (Fsp3) is 0.375. The van der Waals surface area contributed by atoms with E-state index >= 15 is 0 Å². The second-order valence-electron chi connectivity index (χ2n) is 7.22.